The van der Waals surface area contributed by atoms with Crippen LogP contribution in [0.15, 0.2) is 23.1 Å². The van der Waals surface area contributed by atoms with Crippen LogP contribution in [-0.4, -0.2) is 33.8 Å². The van der Waals surface area contributed by atoms with Crippen molar-refractivity contribution in [3.8, 4) is 0 Å². The molecule has 2 N–H and O–H groups in total. The molecule has 1 unspecified atom stereocenters. The number of hydrogen-bond acceptors (Lipinski definition) is 4. The third kappa shape index (κ3) is 1.79. The molecule has 0 spiro atoms. The number of likely N-dealkylation sites (N-methyl/N-ethyl adjacent to an activating group) is 1. The van der Waals surface area contributed by atoms with Gasteiger partial charge in [0, 0.05) is 18.6 Å². The fraction of sp³-hybridized carbons (Fsp3) is 0.400. The van der Waals surface area contributed by atoms with Crippen LogP contribution in [0.5, 0.6) is 0 Å². The first-order valence-electron chi connectivity index (χ1n) is 4.91. The third-order valence-electron chi connectivity index (χ3n) is 2.87. The second-order valence-corrected chi connectivity index (χ2v) is 6.33. The zero-order valence-electron chi connectivity index (χ0n) is 8.85. The lowest BCUT2D eigenvalue weighted by molar-refractivity contribution is 0.573. The van der Waals surface area contributed by atoms with E-state index >= 15 is 0 Å². The predicted octanol–water partition coefficient (Wildman–Crippen LogP) is 0.891. The maximum absolute atomic E-state index is 12.0. The van der Waals surface area contributed by atoms with Crippen LogP contribution in [0.2, 0.25) is 5.02 Å². The van der Waals surface area contributed by atoms with Gasteiger partial charge in [0.1, 0.15) is 0 Å². The number of rotatable bonds is 1. The van der Waals surface area contributed by atoms with Crippen molar-refractivity contribution in [2.75, 3.05) is 24.2 Å². The summed E-state index contributed by atoms with van der Waals surface area (Å²) in [5.41, 5.74) is 6.20. The lowest BCUT2D eigenvalue weighted by Gasteiger charge is -2.34. The van der Waals surface area contributed by atoms with Crippen molar-refractivity contribution in [1.29, 1.82) is 0 Å². The van der Waals surface area contributed by atoms with E-state index in [0.29, 0.717) is 22.2 Å². The molecule has 0 bridgehead atoms. The van der Waals surface area contributed by atoms with E-state index in [2.05, 4.69) is 0 Å². The summed E-state index contributed by atoms with van der Waals surface area (Å²) in [6, 6.07) is 4.62. The lowest BCUT2D eigenvalue weighted by Crippen LogP contribution is -2.46. The molecule has 2 rings (SSSR count). The van der Waals surface area contributed by atoms with Gasteiger partial charge in [-0.3, -0.25) is 0 Å². The van der Waals surface area contributed by atoms with Crippen molar-refractivity contribution in [2.24, 2.45) is 5.73 Å². The molecule has 0 aromatic heterocycles. The zero-order chi connectivity index (χ0) is 11.9. The molecule has 0 saturated heterocycles. The SMILES string of the molecule is CN1c2cc(Cl)ccc2S(=O)(=O)CC1CN. The van der Waals surface area contributed by atoms with Gasteiger partial charge in [-0.2, -0.15) is 0 Å². The van der Waals surface area contributed by atoms with E-state index in [1.54, 1.807) is 18.2 Å². The van der Waals surface area contributed by atoms with E-state index in [1.165, 1.54) is 0 Å². The van der Waals surface area contributed by atoms with Crippen molar-refractivity contribution in [3.63, 3.8) is 0 Å². The number of nitrogens with zero attached hydrogens (tertiary/aromatic N) is 1. The monoisotopic (exact) mass is 260 g/mol. The van der Waals surface area contributed by atoms with Crippen LogP contribution in [0.25, 0.3) is 0 Å². The Labute approximate surface area is 99.9 Å². The summed E-state index contributed by atoms with van der Waals surface area (Å²) >= 11 is 5.87. The number of hydrogen-bond donors (Lipinski definition) is 1. The van der Waals surface area contributed by atoms with Crippen molar-refractivity contribution >= 4 is 27.1 Å². The van der Waals surface area contributed by atoms with Gasteiger partial charge in [-0.15, -0.1) is 0 Å². The quantitative estimate of drug-likeness (QED) is 0.815. The Hall–Kier alpha value is -0.780. The maximum Gasteiger partial charge on any atom is 0.182 e. The molecular formula is C10H13ClN2O2S. The Morgan fingerprint density at radius 1 is 1.56 bits per heavy atom. The number of nitrogens with two attached hydrogens (primary N) is 1. The van der Waals surface area contributed by atoms with Crippen LogP contribution in [0.3, 0.4) is 0 Å². The molecular weight excluding hydrogens is 248 g/mol. The fourth-order valence-electron chi connectivity index (χ4n) is 1.91. The van der Waals surface area contributed by atoms with E-state index in [9.17, 15) is 8.42 Å². The Kier molecular flexibility index (Phi) is 2.86. The summed E-state index contributed by atoms with van der Waals surface area (Å²) < 4.78 is 23.9. The minimum absolute atomic E-state index is 0.0641. The minimum atomic E-state index is -3.23. The fourth-order valence-corrected chi connectivity index (χ4v) is 3.92. The molecule has 6 heteroatoms. The van der Waals surface area contributed by atoms with Gasteiger partial charge in [0.25, 0.3) is 0 Å². The molecule has 0 aliphatic carbocycles. The van der Waals surface area contributed by atoms with Gasteiger partial charge < -0.3 is 10.6 Å². The van der Waals surface area contributed by atoms with Crippen LogP contribution >= 0.6 is 11.6 Å². The first-order chi connectivity index (χ1) is 7.45. The molecule has 0 amide bonds. The number of benzene rings is 1. The molecule has 1 aliphatic heterocycles. The van der Waals surface area contributed by atoms with Crippen LogP contribution in [-0.2, 0) is 9.84 Å². The third-order valence-corrected chi connectivity index (χ3v) is 4.94. The van der Waals surface area contributed by atoms with Gasteiger partial charge in [-0.1, -0.05) is 11.6 Å². The van der Waals surface area contributed by atoms with Crippen LogP contribution < -0.4 is 10.6 Å². The van der Waals surface area contributed by atoms with Crippen molar-refractivity contribution < 1.29 is 8.42 Å². The van der Waals surface area contributed by atoms with E-state index in [-0.39, 0.29) is 11.8 Å². The van der Waals surface area contributed by atoms with Gasteiger partial charge >= 0.3 is 0 Å². The molecule has 1 atom stereocenters. The van der Waals surface area contributed by atoms with Gasteiger partial charge in [0.2, 0.25) is 0 Å². The Morgan fingerprint density at radius 2 is 2.25 bits per heavy atom. The van der Waals surface area contributed by atoms with Crippen molar-refractivity contribution in [1.82, 2.24) is 0 Å². The molecule has 0 fully saturated rings. The summed E-state index contributed by atoms with van der Waals surface area (Å²) in [6.07, 6.45) is 0. The highest BCUT2D eigenvalue weighted by Gasteiger charge is 2.33. The van der Waals surface area contributed by atoms with Gasteiger partial charge in [0.15, 0.2) is 9.84 Å². The van der Waals surface area contributed by atoms with Crippen molar-refractivity contribution in [3.05, 3.63) is 23.2 Å². The molecule has 4 nitrogen and oxygen atoms in total. The largest absolute Gasteiger partial charge is 0.368 e. The Morgan fingerprint density at radius 3 is 2.88 bits per heavy atom. The Bertz CT molecular complexity index is 516. The molecule has 1 aliphatic rings. The second kappa shape index (κ2) is 3.91. The number of anilines is 1. The summed E-state index contributed by atoms with van der Waals surface area (Å²) in [5.74, 6) is 0.0641. The average molecular weight is 261 g/mol. The highest BCUT2D eigenvalue weighted by molar-refractivity contribution is 7.91. The average Bonchev–Trinajstić information content (AvgIpc) is 2.23. The number of halogens is 1. The second-order valence-electron chi connectivity index (χ2n) is 3.89. The summed E-state index contributed by atoms with van der Waals surface area (Å²) in [5, 5.41) is 0.526. The Balaban J connectivity index is 2.63. The standard InChI is InChI=1S/C10H13ClN2O2S/c1-13-8(5-12)6-16(14,15)10-3-2-7(11)4-9(10)13/h2-4,8H,5-6,12H2,1H3. The molecule has 1 heterocycles. The summed E-state index contributed by atoms with van der Waals surface area (Å²) in [7, 11) is -1.40. The summed E-state index contributed by atoms with van der Waals surface area (Å²) in [6.45, 7) is 0.307. The molecule has 88 valence electrons. The highest BCUT2D eigenvalue weighted by atomic mass is 35.5. The van der Waals surface area contributed by atoms with E-state index in [4.69, 9.17) is 17.3 Å². The number of fused-ring (bicyclic) bond motifs is 1. The van der Waals surface area contributed by atoms with E-state index in [0.717, 1.165) is 0 Å². The smallest absolute Gasteiger partial charge is 0.182 e. The molecule has 16 heavy (non-hydrogen) atoms. The maximum atomic E-state index is 12.0. The van der Waals surface area contributed by atoms with Crippen LogP contribution in [0.1, 0.15) is 0 Å². The first-order valence-corrected chi connectivity index (χ1v) is 6.94. The van der Waals surface area contributed by atoms with Crippen LogP contribution in [0, 0.1) is 0 Å². The first kappa shape index (κ1) is 11.7. The topological polar surface area (TPSA) is 63.4 Å². The number of sulfone groups is 1. The minimum Gasteiger partial charge on any atom is -0.368 e. The normalized spacial score (nSPS) is 22.9. The zero-order valence-corrected chi connectivity index (χ0v) is 10.4. The molecule has 1 aromatic rings. The highest BCUT2D eigenvalue weighted by Crippen LogP contribution is 2.34. The van der Waals surface area contributed by atoms with E-state index in [1.807, 2.05) is 11.9 Å². The molecule has 0 radical (unpaired) electrons. The van der Waals surface area contributed by atoms with Crippen molar-refractivity contribution in [2.45, 2.75) is 10.9 Å². The van der Waals surface area contributed by atoms with Gasteiger partial charge in [-0.05, 0) is 18.2 Å². The van der Waals surface area contributed by atoms with E-state index < -0.39 is 9.84 Å². The van der Waals surface area contributed by atoms with Crippen LogP contribution in [0.4, 0.5) is 5.69 Å². The van der Waals surface area contributed by atoms with Gasteiger partial charge in [0.05, 0.1) is 22.4 Å². The lowest BCUT2D eigenvalue weighted by atomic mass is 10.2. The predicted molar refractivity (Wildman–Crippen MR) is 64.8 cm³/mol. The summed E-state index contributed by atoms with van der Waals surface area (Å²) in [4.78, 5) is 2.21. The molecule has 0 saturated carbocycles. The van der Waals surface area contributed by atoms with Gasteiger partial charge in [-0.25, -0.2) is 8.42 Å². The molecule has 1 aromatic carbocycles.